The van der Waals surface area contributed by atoms with E-state index in [0.717, 1.165) is 55.0 Å². The number of amides is 2. The summed E-state index contributed by atoms with van der Waals surface area (Å²) in [6, 6.07) is 3.64. The van der Waals surface area contributed by atoms with Gasteiger partial charge in [-0.1, -0.05) is 31.3 Å². The second-order valence-electron chi connectivity index (χ2n) is 8.83. The molecule has 1 saturated heterocycles. The summed E-state index contributed by atoms with van der Waals surface area (Å²) >= 11 is 3.04. The molecule has 3 heterocycles. The molecule has 0 aromatic carbocycles. The molecule has 2 fully saturated rings. The van der Waals surface area contributed by atoms with Gasteiger partial charge in [0.05, 0.1) is 10.6 Å². The average Bonchev–Trinajstić information content (AvgIpc) is 3.38. The molecule has 1 aliphatic heterocycles. The highest BCUT2D eigenvalue weighted by molar-refractivity contribution is 7.99. The standard InChI is InChI=1S/C26H30N4O2S2/c1-3-17-33-24-20(9-8-14-27-24)25(32)30-15-10-19(11-16-30)23-28-21(18-34-23)22(31)29-26(4-2)12-6-5-7-13-26/h2-3,8-9,14,18-19H,1,5-7,10-13,15-17H2,(H,29,31). The number of piperidine rings is 1. The molecule has 1 saturated carbocycles. The van der Waals surface area contributed by atoms with Gasteiger partial charge in [0, 0.05) is 36.3 Å². The number of nitrogens with zero attached hydrogens (tertiary/aromatic N) is 3. The van der Waals surface area contributed by atoms with Crippen molar-refractivity contribution >= 4 is 34.9 Å². The number of carbonyl (C=O) groups is 2. The molecule has 2 amide bonds. The lowest BCUT2D eigenvalue weighted by molar-refractivity contribution is 0.0708. The van der Waals surface area contributed by atoms with Crippen LogP contribution in [0, 0.1) is 12.3 Å². The summed E-state index contributed by atoms with van der Waals surface area (Å²) in [4.78, 5) is 36.9. The van der Waals surface area contributed by atoms with E-state index in [1.54, 1.807) is 12.3 Å². The fourth-order valence-corrected chi connectivity index (χ4v) is 6.32. The highest BCUT2D eigenvalue weighted by Gasteiger charge is 2.33. The third kappa shape index (κ3) is 5.53. The number of pyridine rings is 1. The van der Waals surface area contributed by atoms with Crippen LogP contribution in [0.25, 0.3) is 0 Å². The van der Waals surface area contributed by atoms with E-state index >= 15 is 0 Å². The molecule has 0 spiro atoms. The van der Waals surface area contributed by atoms with Crippen LogP contribution in [0.1, 0.15) is 76.7 Å². The first-order valence-corrected chi connectivity index (χ1v) is 13.7. The minimum absolute atomic E-state index is 0.0179. The van der Waals surface area contributed by atoms with Crippen LogP contribution in [0.15, 0.2) is 41.4 Å². The van der Waals surface area contributed by atoms with E-state index in [4.69, 9.17) is 6.42 Å². The number of thiazole rings is 1. The van der Waals surface area contributed by atoms with Crippen LogP contribution in [-0.4, -0.2) is 51.1 Å². The zero-order chi connectivity index (χ0) is 24.0. The number of terminal acetylenes is 1. The molecule has 6 nitrogen and oxygen atoms in total. The molecule has 4 rings (SSSR count). The number of hydrogen-bond donors (Lipinski definition) is 1. The predicted molar refractivity (Wildman–Crippen MR) is 137 cm³/mol. The topological polar surface area (TPSA) is 75.2 Å². The summed E-state index contributed by atoms with van der Waals surface area (Å²) in [5.74, 6) is 3.62. The second-order valence-corrected chi connectivity index (χ2v) is 10.7. The molecule has 0 atom stereocenters. The molecule has 8 heteroatoms. The molecule has 1 N–H and O–H groups in total. The fraction of sp³-hybridized carbons (Fsp3) is 0.462. The number of likely N-dealkylation sites (tertiary alicyclic amines) is 1. The van der Waals surface area contributed by atoms with Gasteiger partial charge >= 0.3 is 0 Å². The molecule has 34 heavy (non-hydrogen) atoms. The Balaban J connectivity index is 1.35. The van der Waals surface area contributed by atoms with Crippen molar-refractivity contribution in [3.05, 3.63) is 52.6 Å². The second kappa shape index (κ2) is 11.2. The van der Waals surface area contributed by atoms with Gasteiger partial charge < -0.3 is 10.2 Å². The molecular weight excluding hydrogens is 464 g/mol. The van der Waals surface area contributed by atoms with Crippen LogP contribution in [-0.2, 0) is 0 Å². The normalized spacial score (nSPS) is 18.1. The summed E-state index contributed by atoms with van der Waals surface area (Å²) in [6.07, 6.45) is 15.8. The van der Waals surface area contributed by atoms with Crippen molar-refractivity contribution in [2.75, 3.05) is 18.8 Å². The number of rotatable bonds is 7. The van der Waals surface area contributed by atoms with Gasteiger partial charge in [-0.15, -0.1) is 36.1 Å². The van der Waals surface area contributed by atoms with Gasteiger partial charge in [-0.25, -0.2) is 9.97 Å². The maximum Gasteiger partial charge on any atom is 0.271 e. The Kier molecular flexibility index (Phi) is 8.07. The highest BCUT2D eigenvalue weighted by Crippen LogP contribution is 2.32. The van der Waals surface area contributed by atoms with Gasteiger partial charge in [0.25, 0.3) is 11.8 Å². The Morgan fingerprint density at radius 2 is 2.09 bits per heavy atom. The lowest BCUT2D eigenvalue weighted by atomic mass is 9.82. The minimum Gasteiger partial charge on any atom is -0.339 e. The average molecular weight is 495 g/mol. The molecule has 2 aliphatic rings. The number of thioether (sulfide) groups is 1. The SMILES string of the molecule is C#CC1(NC(=O)c2csc(C3CCN(C(=O)c4cccnc4SCC=C)CC3)n2)CCCCC1. The molecule has 0 unspecified atom stereocenters. The lowest BCUT2D eigenvalue weighted by Gasteiger charge is -2.33. The van der Waals surface area contributed by atoms with Crippen molar-refractivity contribution < 1.29 is 9.59 Å². The Morgan fingerprint density at radius 3 is 2.79 bits per heavy atom. The van der Waals surface area contributed by atoms with Crippen molar-refractivity contribution in [2.24, 2.45) is 0 Å². The maximum absolute atomic E-state index is 13.1. The zero-order valence-corrected chi connectivity index (χ0v) is 20.9. The summed E-state index contributed by atoms with van der Waals surface area (Å²) < 4.78 is 0. The van der Waals surface area contributed by atoms with Crippen molar-refractivity contribution in [1.29, 1.82) is 0 Å². The Hall–Kier alpha value is -2.63. The molecule has 1 aliphatic carbocycles. The van der Waals surface area contributed by atoms with Crippen molar-refractivity contribution in [3.8, 4) is 12.3 Å². The summed E-state index contributed by atoms with van der Waals surface area (Å²) in [7, 11) is 0. The largest absolute Gasteiger partial charge is 0.339 e. The van der Waals surface area contributed by atoms with Crippen molar-refractivity contribution in [3.63, 3.8) is 0 Å². The summed E-state index contributed by atoms with van der Waals surface area (Å²) in [6.45, 7) is 5.06. The van der Waals surface area contributed by atoms with Crippen LogP contribution in [0.5, 0.6) is 0 Å². The third-order valence-corrected chi connectivity index (χ3v) is 8.57. The van der Waals surface area contributed by atoms with Crippen LogP contribution in [0.2, 0.25) is 0 Å². The first-order chi connectivity index (χ1) is 16.5. The van der Waals surface area contributed by atoms with Crippen LogP contribution in [0.4, 0.5) is 0 Å². The number of nitrogens with one attached hydrogen (secondary N) is 1. The molecule has 2 aromatic rings. The van der Waals surface area contributed by atoms with Crippen molar-refractivity contribution in [2.45, 2.75) is 61.4 Å². The highest BCUT2D eigenvalue weighted by atomic mass is 32.2. The maximum atomic E-state index is 13.1. The molecular formula is C26H30N4O2S2. The molecule has 0 radical (unpaired) electrons. The van der Waals surface area contributed by atoms with Gasteiger partial charge in [-0.2, -0.15) is 0 Å². The first kappa shape index (κ1) is 24.5. The van der Waals surface area contributed by atoms with E-state index in [1.165, 1.54) is 23.1 Å². The zero-order valence-electron chi connectivity index (χ0n) is 19.3. The first-order valence-electron chi connectivity index (χ1n) is 11.8. The third-order valence-electron chi connectivity index (χ3n) is 6.56. The van der Waals surface area contributed by atoms with Crippen LogP contribution < -0.4 is 5.32 Å². The smallest absolute Gasteiger partial charge is 0.271 e. The van der Waals surface area contributed by atoms with Gasteiger partial charge in [0.2, 0.25) is 0 Å². The van der Waals surface area contributed by atoms with E-state index in [9.17, 15) is 9.59 Å². The lowest BCUT2D eigenvalue weighted by Crippen LogP contribution is -2.48. The summed E-state index contributed by atoms with van der Waals surface area (Å²) in [5.41, 5.74) is 0.545. The minimum atomic E-state index is -0.542. The van der Waals surface area contributed by atoms with E-state index < -0.39 is 5.54 Å². The predicted octanol–water partition coefficient (Wildman–Crippen LogP) is 4.90. The summed E-state index contributed by atoms with van der Waals surface area (Å²) in [5, 5.41) is 6.61. The van der Waals surface area contributed by atoms with Gasteiger partial charge in [-0.3, -0.25) is 9.59 Å². The van der Waals surface area contributed by atoms with Gasteiger partial charge in [0.1, 0.15) is 16.3 Å². The van der Waals surface area contributed by atoms with Crippen molar-refractivity contribution in [1.82, 2.24) is 20.2 Å². The van der Waals surface area contributed by atoms with E-state index in [-0.39, 0.29) is 17.7 Å². The quantitative estimate of drug-likeness (QED) is 0.337. The fourth-order valence-electron chi connectivity index (χ4n) is 4.63. The van der Waals surface area contributed by atoms with Gasteiger partial charge in [0.15, 0.2) is 0 Å². The molecule has 178 valence electrons. The van der Waals surface area contributed by atoms with Crippen LogP contribution >= 0.6 is 23.1 Å². The number of hydrogen-bond acceptors (Lipinski definition) is 6. The Labute approximate surface area is 209 Å². The monoisotopic (exact) mass is 494 g/mol. The van der Waals surface area contributed by atoms with E-state index in [2.05, 4.69) is 27.8 Å². The molecule has 2 aromatic heterocycles. The van der Waals surface area contributed by atoms with Gasteiger partial charge in [-0.05, 0) is 37.8 Å². The Morgan fingerprint density at radius 1 is 1.32 bits per heavy atom. The number of aromatic nitrogens is 2. The van der Waals surface area contributed by atoms with E-state index in [1.807, 2.05) is 22.4 Å². The van der Waals surface area contributed by atoms with E-state index in [0.29, 0.717) is 30.1 Å². The number of carbonyl (C=O) groups excluding carboxylic acids is 2. The molecule has 0 bridgehead atoms. The van der Waals surface area contributed by atoms with Crippen LogP contribution in [0.3, 0.4) is 0 Å². The Bertz CT molecular complexity index is 1080.